The Morgan fingerprint density at radius 1 is 1.17 bits per heavy atom. The molecule has 0 atom stereocenters. The summed E-state index contributed by atoms with van der Waals surface area (Å²) in [5, 5.41) is 3.01. The van der Waals surface area contributed by atoms with Crippen molar-refractivity contribution in [3.05, 3.63) is 35.4 Å². The predicted octanol–water partition coefficient (Wildman–Crippen LogP) is 3.54. The quantitative estimate of drug-likeness (QED) is 0.831. The molecule has 0 aliphatic carbocycles. The number of carbonyl (C=O) groups excluding carboxylic acids is 2. The molecule has 4 nitrogen and oxygen atoms in total. The summed E-state index contributed by atoms with van der Waals surface area (Å²) in [6.07, 6.45) is 5.74. The Labute approximate surface area is 145 Å². The van der Waals surface area contributed by atoms with Crippen molar-refractivity contribution in [3.8, 4) is 0 Å². The lowest BCUT2D eigenvalue weighted by atomic mass is 9.93. The number of rotatable bonds is 7. The fraction of sp³-hybridized carbons (Fsp3) is 0.600. The molecule has 1 aromatic rings. The number of aryl methyl sites for hydroxylation is 1. The van der Waals surface area contributed by atoms with Gasteiger partial charge in [0, 0.05) is 31.6 Å². The largest absolute Gasteiger partial charge is 0.356 e. The molecule has 0 radical (unpaired) electrons. The molecule has 24 heavy (non-hydrogen) atoms. The maximum Gasteiger partial charge on any atom is 0.253 e. The van der Waals surface area contributed by atoms with Crippen molar-refractivity contribution >= 4 is 11.8 Å². The lowest BCUT2D eigenvalue weighted by Crippen LogP contribution is -2.39. The van der Waals surface area contributed by atoms with E-state index in [1.165, 1.54) is 5.56 Å². The second kappa shape index (κ2) is 9.45. The van der Waals surface area contributed by atoms with Crippen molar-refractivity contribution in [2.45, 2.75) is 52.4 Å². The molecule has 2 rings (SSSR count). The fourth-order valence-corrected chi connectivity index (χ4v) is 3.14. The molecular weight excluding hydrogens is 300 g/mol. The number of nitrogens with one attached hydrogen (secondary N) is 1. The summed E-state index contributed by atoms with van der Waals surface area (Å²) in [5.41, 5.74) is 1.95. The number of nitrogens with zero attached hydrogens (tertiary/aromatic N) is 1. The monoisotopic (exact) mass is 330 g/mol. The van der Waals surface area contributed by atoms with Crippen LogP contribution >= 0.6 is 0 Å². The third-order valence-electron chi connectivity index (χ3n) is 4.83. The normalized spacial score (nSPS) is 15.3. The molecule has 1 N–H and O–H groups in total. The standard InChI is InChI=1S/C20H30N2O2/c1-3-4-5-19(23)21-13-10-17-11-14-22(15-12-17)20(24)18-8-6-16(2)7-9-18/h6-9,17H,3-5,10-15H2,1-2H3,(H,21,23). The first-order chi connectivity index (χ1) is 11.6. The van der Waals surface area contributed by atoms with E-state index in [9.17, 15) is 9.59 Å². The highest BCUT2D eigenvalue weighted by atomic mass is 16.2. The first kappa shape index (κ1) is 18.5. The summed E-state index contributed by atoms with van der Waals surface area (Å²) in [6.45, 7) is 6.53. The highest BCUT2D eigenvalue weighted by molar-refractivity contribution is 5.94. The summed E-state index contributed by atoms with van der Waals surface area (Å²) in [5.74, 6) is 0.920. The number of amides is 2. The second-order valence-electron chi connectivity index (χ2n) is 6.84. The van der Waals surface area contributed by atoms with Crippen molar-refractivity contribution in [2.24, 2.45) is 5.92 Å². The summed E-state index contributed by atoms with van der Waals surface area (Å²) < 4.78 is 0. The maximum atomic E-state index is 12.5. The molecule has 2 amide bonds. The molecule has 0 unspecified atom stereocenters. The predicted molar refractivity (Wildman–Crippen MR) is 97.0 cm³/mol. The van der Waals surface area contributed by atoms with Gasteiger partial charge in [0.25, 0.3) is 5.91 Å². The van der Waals surface area contributed by atoms with E-state index in [2.05, 4.69) is 12.2 Å². The van der Waals surface area contributed by atoms with Crippen LogP contribution in [0.4, 0.5) is 0 Å². The molecule has 0 aromatic heterocycles. The molecule has 1 aliphatic heterocycles. The zero-order valence-corrected chi connectivity index (χ0v) is 15.0. The van der Waals surface area contributed by atoms with Gasteiger partial charge in [0.05, 0.1) is 0 Å². The molecular formula is C20H30N2O2. The van der Waals surface area contributed by atoms with Gasteiger partial charge in [-0.05, 0) is 50.7 Å². The van der Waals surface area contributed by atoms with Gasteiger partial charge < -0.3 is 10.2 Å². The Morgan fingerprint density at radius 3 is 2.46 bits per heavy atom. The Hall–Kier alpha value is -1.84. The zero-order chi connectivity index (χ0) is 17.4. The smallest absolute Gasteiger partial charge is 0.253 e. The molecule has 1 heterocycles. The summed E-state index contributed by atoms with van der Waals surface area (Å²) in [6, 6.07) is 7.80. The number of carbonyl (C=O) groups is 2. The number of piperidine rings is 1. The van der Waals surface area contributed by atoms with Gasteiger partial charge in [-0.3, -0.25) is 9.59 Å². The average molecular weight is 330 g/mol. The van der Waals surface area contributed by atoms with E-state index < -0.39 is 0 Å². The van der Waals surface area contributed by atoms with E-state index in [4.69, 9.17) is 0 Å². The number of likely N-dealkylation sites (tertiary alicyclic amines) is 1. The molecule has 1 fully saturated rings. The Bertz CT molecular complexity index is 531. The molecule has 1 saturated heterocycles. The summed E-state index contributed by atoms with van der Waals surface area (Å²) in [7, 11) is 0. The second-order valence-corrected chi connectivity index (χ2v) is 6.84. The first-order valence-electron chi connectivity index (χ1n) is 9.22. The number of benzene rings is 1. The molecule has 4 heteroatoms. The van der Waals surface area contributed by atoms with Gasteiger partial charge >= 0.3 is 0 Å². The highest BCUT2D eigenvalue weighted by Crippen LogP contribution is 2.21. The maximum absolute atomic E-state index is 12.5. The Balaban J connectivity index is 1.68. The van der Waals surface area contributed by atoms with Gasteiger partial charge in [-0.15, -0.1) is 0 Å². The van der Waals surface area contributed by atoms with Gasteiger partial charge in [-0.2, -0.15) is 0 Å². The minimum Gasteiger partial charge on any atom is -0.356 e. The van der Waals surface area contributed by atoms with Crippen molar-refractivity contribution in [1.29, 1.82) is 0 Å². The third-order valence-corrected chi connectivity index (χ3v) is 4.83. The van der Waals surface area contributed by atoms with Crippen molar-refractivity contribution < 1.29 is 9.59 Å². The van der Waals surface area contributed by atoms with E-state index in [0.29, 0.717) is 12.3 Å². The SMILES string of the molecule is CCCCC(=O)NCCC1CCN(C(=O)c2ccc(C)cc2)CC1. The van der Waals surface area contributed by atoms with Gasteiger partial charge in [-0.1, -0.05) is 31.0 Å². The molecule has 0 saturated carbocycles. The van der Waals surface area contributed by atoms with Gasteiger partial charge in [0.15, 0.2) is 0 Å². The molecule has 0 spiro atoms. The van der Waals surface area contributed by atoms with Crippen LogP contribution in [-0.4, -0.2) is 36.3 Å². The zero-order valence-electron chi connectivity index (χ0n) is 15.0. The number of hydrogen-bond donors (Lipinski definition) is 1. The topological polar surface area (TPSA) is 49.4 Å². The van der Waals surface area contributed by atoms with E-state index in [1.54, 1.807) is 0 Å². The summed E-state index contributed by atoms with van der Waals surface area (Å²) in [4.78, 5) is 26.1. The first-order valence-corrected chi connectivity index (χ1v) is 9.22. The fourth-order valence-electron chi connectivity index (χ4n) is 3.14. The van der Waals surface area contributed by atoms with E-state index in [0.717, 1.165) is 57.3 Å². The molecule has 132 valence electrons. The van der Waals surface area contributed by atoms with Crippen LogP contribution in [0.15, 0.2) is 24.3 Å². The minimum absolute atomic E-state index is 0.140. The molecule has 0 bridgehead atoms. The van der Waals surface area contributed by atoms with E-state index in [-0.39, 0.29) is 11.8 Å². The minimum atomic E-state index is 0.140. The van der Waals surface area contributed by atoms with Crippen molar-refractivity contribution in [1.82, 2.24) is 10.2 Å². The lowest BCUT2D eigenvalue weighted by Gasteiger charge is -2.32. The van der Waals surface area contributed by atoms with Crippen LogP contribution in [0.3, 0.4) is 0 Å². The van der Waals surface area contributed by atoms with Crippen molar-refractivity contribution in [3.63, 3.8) is 0 Å². The Kier molecular flexibility index (Phi) is 7.29. The van der Waals surface area contributed by atoms with Gasteiger partial charge in [0.1, 0.15) is 0 Å². The van der Waals surface area contributed by atoms with Crippen LogP contribution in [0.1, 0.15) is 61.4 Å². The van der Waals surface area contributed by atoms with Gasteiger partial charge in [-0.25, -0.2) is 0 Å². The number of hydrogen-bond acceptors (Lipinski definition) is 2. The van der Waals surface area contributed by atoms with E-state index >= 15 is 0 Å². The Morgan fingerprint density at radius 2 is 1.83 bits per heavy atom. The van der Waals surface area contributed by atoms with E-state index in [1.807, 2.05) is 36.1 Å². The van der Waals surface area contributed by atoms with Crippen LogP contribution in [0.25, 0.3) is 0 Å². The van der Waals surface area contributed by atoms with Crippen LogP contribution < -0.4 is 5.32 Å². The third kappa shape index (κ3) is 5.66. The van der Waals surface area contributed by atoms with Crippen molar-refractivity contribution in [2.75, 3.05) is 19.6 Å². The molecule has 1 aromatic carbocycles. The summed E-state index contributed by atoms with van der Waals surface area (Å²) >= 11 is 0. The van der Waals surface area contributed by atoms with Crippen LogP contribution in [0, 0.1) is 12.8 Å². The molecule has 1 aliphatic rings. The highest BCUT2D eigenvalue weighted by Gasteiger charge is 2.23. The van der Waals surface area contributed by atoms with Gasteiger partial charge in [0.2, 0.25) is 5.91 Å². The number of unbranched alkanes of at least 4 members (excludes halogenated alkanes) is 1. The van der Waals surface area contributed by atoms with Crippen LogP contribution in [0.5, 0.6) is 0 Å². The lowest BCUT2D eigenvalue weighted by molar-refractivity contribution is -0.121. The van der Waals surface area contributed by atoms with Crippen LogP contribution in [-0.2, 0) is 4.79 Å². The average Bonchev–Trinajstić information content (AvgIpc) is 2.60. The van der Waals surface area contributed by atoms with Crippen LogP contribution in [0.2, 0.25) is 0 Å².